The van der Waals surface area contributed by atoms with E-state index in [1.807, 2.05) is 12.1 Å². The van der Waals surface area contributed by atoms with Gasteiger partial charge in [-0.1, -0.05) is 30.3 Å². The standard InChI is InChI=1S/C16H20N2O3S/c1-2-7-13-12-15(17-21-13)16-10-6-11-18(16)22(19,20)14-8-4-3-5-9-14/h3-5,8-9,12,16H,2,6-7,10-11H2,1H3. The Kier molecular flexibility index (Phi) is 4.31. The summed E-state index contributed by atoms with van der Waals surface area (Å²) in [4.78, 5) is 0.333. The van der Waals surface area contributed by atoms with E-state index in [0.29, 0.717) is 11.4 Å². The van der Waals surface area contributed by atoms with E-state index in [2.05, 4.69) is 12.1 Å². The summed E-state index contributed by atoms with van der Waals surface area (Å²) in [5.74, 6) is 0.821. The summed E-state index contributed by atoms with van der Waals surface area (Å²) in [7, 11) is -3.49. The fourth-order valence-corrected chi connectivity index (χ4v) is 4.59. The second kappa shape index (κ2) is 6.22. The van der Waals surface area contributed by atoms with Gasteiger partial charge in [-0.2, -0.15) is 4.31 Å². The van der Waals surface area contributed by atoms with Gasteiger partial charge in [-0.05, 0) is 31.4 Å². The number of aryl methyl sites for hydroxylation is 1. The fourth-order valence-electron chi connectivity index (χ4n) is 2.90. The topological polar surface area (TPSA) is 63.4 Å². The molecule has 22 heavy (non-hydrogen) atoms. The van der Waals surface area contributed by atoms with Gasteiger partial charge in [-0.15, -0.1) is 0 Å². The predicted molar refractivity (Wildman–Crippen MR) is 82.8 cm³/mol. The van der Waals surface area contributed by atoms with Crippen LogP contribution in [0.1, 0.15) is 43.7 Å². The Labute approximate surface area is 131 Å². The van der Waals surface area contributed by atoms with Crippen molar-refractivity contribution in [2.75, 3.05) is 6.54 Å². The SMILES string of the molecule is CCCc1cc(C2CCCN2S(=O)(=O)c2ccccc2)no1. The molecular formula is C16H20N2O3S. The minimum Gasteiger partial charge on any atom is -0.361 e. The monoisotopic (exact) mass is 320 g/mol. The number of aromatic nitrogens is 1. The van der Waals surface area contributed by atoms with E-state index < -0.39 is 10.0 Å². The van der Waals surface area contributed by atoms with E-state index in [1.54, 1.807) is 28.6 Å². The summed E-state index contributed by atoms with van der Waals surface area (Å²) in [5, 5.41) is 4.09. The lowest BCUT2D eigenvalue weighted by atomic mass is 10.1. The molecule has 5 nitrogen and oxygen atoms in total. The highest BCUT2D eigenvalue weighted by molar-refractivity contribution is 7.89. The molecule has 1 aromatic heterocycles. The third kappa shape index (κ3) is 2.80. The normalized spacial score (nSPS) is 19.6. The van der Waals surface area contributed by atoms with Crippen LogP contribution in [0.15, 0.2) is 45.8 Å². The zero-order valence-electron chi connectivity index (χ0n) is 12.6. The minimum absolute atomic E-state index is 0.223. The van der Waals surface area contributed by atoms with Gasteiger partial charge in [0.1, 0.15) is 11.5 Å². The maximum atomic E-state index is 12.8. The number of hydrogen-bond donors (Lipinski definition) is 0. The first-order valence-corrected chi connectivity index (χ1v) is 9.09. The summed E-state index contributed by atoms with van der Waals surface area (Å²) >= 11 is 0. The van der Waals surface area contributed by atoms with E-state index in [1.165, 1.54) is 0 Å². The highest BCUT2D eigenvalue weighted by atomic mass is 32.2. The molecule has 0 N–H and O–H groups in total. The van der Waals surface area contributed by atoms with Gasteiger partial charge < -0.3 is 4.52 Å². The van der Waals surface area contributed by atoms with Crippen LogP contribution >= 0.6 is 0 Å². The minimum atomic E-state index is -3.49. The molecule has 1 fully saturated rings. The molecule has 0 amide bonds. The third-order valence-corrected chi connectivity index (χ3v) is 5.89. The number of nitrogens with zero attached hydrogens (tertiary/aromatic N) is 2. The molecule has 1 unspecified atom stereocenters. The predicted octanol–water partition coefficient (Wildman–Crippen LogP) is 3.15. The van der Waals surface area contributed by atoms with Gasteiger partial charge in [0.2, 0.25) is 10.0 Å². The highest BCUT2D eigenvalue weighted by Gasteiger charge is 2.37. The lowest BCUT2D eigenvalue weighted by Crippen LogP contribution is -2.30. The molecule has 0 spiro atoms. The van der Waals surface area contributed by atoms with Crippen molar-refractivity contribution in [3.05, 3.63) is 47.9 Å². The molecule has 0 bridgehead atoms. The molecule has 1 aromatic carbocycles. The Morgan fingerprint density at radius 3 is 2.82 bits per heavy atom. The van der Waals surface area contributed by atoms with Crippen LogP contribution in [0.4, 0.5) is 0 Å². The van der Waals surface area contributed by atoms with Crippen LogP contribution in [0.2, 0.25) is 0 Å². The van der Waals surface area contributed by atoms with Gasteiger partial charge in [-0.25, -0.2) is 8.42 Å². The Morgan fingerprint density at radius 2 is 2.09 bits per heavy atom. The van der Waals surface area contributed by atoms with Crippen molar-refractivity contribution < 1.29 is 12.9 Å². The Bertz CT molecular complexity index is 725. The highest BCUT2D eigenvalue weighted by Crippen LogP contribution is 2.36. The molecular weight excluding hydrogens is 300 g/mol. The van der Waals surface area contributed by atoms with Crippen molar-refractivity contribution in [3.63, 3.8) is 0 Å². The van der Waals surface area contributed by atoms with E-state index in [4.69, 9.17) is 4.52 Å². The van der Waals surface area contributed by atoms with Gasteiger partial charge in [0, 0.05) is 19.0 Å². The molecule has 1 atom stereocenters. The Balaban J connectivity index is 1.89. The molecule has 0 saturated carbocycles. The van der Waals surface area contributed by atoms with E-state index in [-0.39, 0.29) is 6.04 Å². The van der Waals surface area contributed by atoms with Crippen LogP contribution in [0.3, 0.4) is 0 Å². The largest absolute Gasteiger partial charge is 0.361 e. The fraction of sp³-hybridized carbons (Fsp3) is 0.438. The van der Waals surface area contributed by atoms with Gasteiger partial charge >= 0.3 is 0 Å². The Hall–Kier alpha value is -1.66. The average Bonchev–Trinajstić information content (AvgIpc) is 3.17. The third-order valence-electron chi connectivity index (χ3n) is 3.97. The van der Waals surface area contributed by atoms with Crippen molar-refractivity contribution in [3.8, 4) is 0 Å². The lowest BCUT2D eigenvalue weighted by molar-refractivity contribution is 0.343. The number of benzene rings is 1. The van der Waals surface area contributed by atoms with Gasteiger partial charge in [0.05, 0.1) is 10.9 Å². The van der Waals surface area contributed by atoms with Crippen LogP contribution in [-0.2, 0) is 16.4 Å². The maximum absolute atomic E-state index is 12.8. The summed E-state index contributed by atoms with van der Waals surface area (Å²) in [6.45, 7) is 2.60. The molecule has 3 rings (SSSR count). The molecule has 0 radical (unpaired) electrons. The zero-order valence-corrected chi connectivity index (χ0v) is 13.4. The lowest BCUT2D eigenvalue weighted by Gasteiger charge is -2.22. The molecule has 6 heteroatoms. The van der Waals surface area contributed by atoms with E-state index in [0.717, 1.165) is 37.1 Å². The van der Waals surface area contributed by atoms with Crippen molar-refractivity contribution in [1.29, 1.82) is 0 Å². The van der Waals surface area contributed by atoms with Crippen molar-refractivity contribution in [2.45, 2.75) is 43.5 Å². The van der Waals surface area contributed by atoms with Crippen LogP contribution in [0.5, 0.6) is 0 Å². The smallest absolute Gasteiger partial charge is 0.243 e. The van der Waals surface area contributed by atoms with Crippen molar-refractivity contribution in [1.82, 2.24) is 9.46 Å². The first-order valence-electron chi connectivity index (χ1n) is 7.65. The molecule has 1 saturated heterocycles. The number of rotatable bonds is 5. The summed E-state index contributed by atoms with van der Waals surface area (Å²) in [5.41, 5.74) is 0.723. The molecule has 2 aromatic rings. The Morgan fingerprint density at radius 1 is 1.32 bits per heavy atom. The van der Waals surface area contributed by atoms with Crippen LogP contribution in [0, 0.1) is 0 Å². The number of hydrogen-bond acceptors (Lipinski definition) is 4. The number of sulfonamides is 1. The molecule has 2 heterocycles. The van der Waals surface area contributed by atoms with Crippen LogP contribution < -0.4 is 0 Å². The van der Waals surface area contributed by atoms with Gasteiger partial charge in [0.15, 0.2) is 0 Å². The van der Waals surface area contributed by atoms with Crippen LogP contribution in [0.25, 0.3) is 0 Å². The maximum Gasteiger partial charge on any atom is 0.243 e. The van der Waals surface area contributed by atoms with E-state index in [9.17, 15) is 8.42 Å². The second-order valence-electron chi connectivity index (χ2n) is 5.55. The molecule has 118 valence electrons. The van der Waals surface area contributed by atoms with Crippen molar-refractivity contribution >= 4 is 10.0 Å². The van der Waals surface area contributed by atoms with Crippen LogP contribution in [-0.4, -0.2) is 24.4 Å². The molecule has 0 aliphatic carbocycles. The van der Waals surface area contributed by atoms with Gasteiger partial charge in [0.25, 0.3) is 0 Å². The summed E-state index contributed by atoms with van der Waals surface area (Å²) in [6.07, 6.45) is 3.42. The second-order valence-corrected chi connectivity index (χ2v) is 7.45. The summed E-state index contributed by atoms with van der Waals surface area (Å²) in [6, 6.07) is 10.2. The van der Waals surface area contributed by atoms with Crippen molar-refractivity contribution in [2.24, 2.45) is 0 Å². The summed E-state index contributed by atoms with van der Waals surface area (Å²) < 4.78 is 32.5. The first kappa shape index (κ1) is 15.2. The first-order chi connectivity index (χ1) is 10.6. The zero-order chi connectivity index (χ0) is 15.6. The quantitative estimate of drug-likeness (QED) is 0.849. The van der Waals surface area contributed by atoms with E-state index >= 15 is 0 Å². The average molecular weight is 320 g/mol. The van der Waals surface area contributed by atoms with Gasteiger partial charge in [-0.3, -0.25) is 0 Å². The molecule has 1 aliphatic rings. The molecule has 1 aliphatic heterocycles.